The van der Waals surface area contributed by atoms with E-state index in [9.17, 15) is 4.79 Å². The summed E-state index contributed by atoms with van der Waals surface area (Å²) in [6, 6.07) is 12.2. The summed E-state index contributed by atoms with van der Waals surface area (Å²) < 4.78 is 6.00. The Hall–Kier alpha value is -2.29. The third kappa shape index (κ3) is 2.96. The Bertz CT molecular complexity index is 751. The van der Waals surface area contributed by atoms with Crippen LogP contribution < -0.4 is 9.64 Å². The highest BCUT2D eigenvalue weighted by molar-refractivity contribution is 5.98. The van der Waals surface area contributed by atoms with Crippen LogP contribution in [-0.2, 0) is 11.2 Å². The fraction of sp³-hybridized carbons (Fsp3) is 0.350. The number of ether oxygens (including phenoxy) is 1. The number of aryl methyl sites for hydroxylation is 2. The molecule has 0 aliphatic carbocycles. The van der Waals surface area contributed by atoms with E-state index in [1.54, 1.807) is 0 Å². The lowest BCUT2D eigenvalue weighted by Gasteiger charge is -2.23. The highest BCUT2D eigenvalue weighted by atomic mass is 16.5. The molecule has 0 radical (unpaired) electrons. The molecule has 23 heavy (non-hydrogen) atoms. The van der Waals surface area contributed by atoms with E-state index in [-0.39, 0.29) is 5.91 Å². The Balaban J connectivity index is 1.79. The Labute approximate surface area is 137 Å². The van der Waals surface area contributed by atoms with Crippen LogP contribution in [0, 0.1) is 20.8 Å². The first-order valence-corrected chi connectivity index (χ1v) is 8.11. The van der Waals surface area contributed by atoms with Crippen molar-refractivity contribution in [3.8, 4) is 5.75 Å². The fourth-order valence-electron chi connectivity index (χ4n) is 3.15. The Morgan fingerprint density at radius 1 is 1.17 bits per heavy atom. The lowest BCUT2D eigenvalue weighted by atomic mass is 10.1. The van der Waals surface area contributed by atoms with Crippen LogP contribution in [0.1, 0.15) is 29.2 Å². The second-order valence-electron chi connectivity index (χ2n) is 6.33. The third-order valence-corrected chi connectivity index (χ3v) is 4.57. The summed E-state index contributed by atoms with van der Waals surface area (Å²) >= 11 is 0. The number of carbonyl (C=O) groups excluding carboxylic acids is 1. The molecule has 0 saturated carbocycles. The molecule has 0 unspecified atom stereocenters. The lowest BCUT2D eigenvalue weighted by molar-refractivity contribution is -0.124. The Kier molecular flexibility index (Phi) is 4.12. The molecule has 3 nitrogen and oxygen atoms in total. The van der Waals surface area contributed by atoms with Crippen molar-refractivity contribution in [3.63, 3.8) is 0 Å². The van der Waals surface area contributed by atoms with Gasteiger partial charge in [-0.3, -0.25) is 4.79 Å². The Morgan fingerprint density at radius 3 is 2.70 bits per heavy atom. The van der Waals surface area contributed by atoms with E-state index < -0.39 is 6.10 Å². The molecule has 0 saturated heterocycles. The molecule has 1 heterocycles. The van der Waals surface area contributed by atoms with Gasteiger partial charge in [-0.2, -0.15) is 0 Å². The number of para-hydroxylation sites is 1. The van der Waals surface area contributed by atoms with Crippen LogP contribution in [0.25, 0.3) is 0 Å². The number of carbonyl (C=O) groups is 1. The summed E-state index contributed by atoms with van der Waals surface area (Å²) in [7, 11) is 0. The summed E-state index contributed by atoms with van der Waals surface area (Å²) in [5, 5.41) is 0. The van der Waals surface area contributed by atoms with Crippen LogP contribution in [0.5, 0.6) is 5.75 Å². The normalized spacial score (nSPS) is 14.5. The largest absolute Gasteiger partial charge is 0.481 e. The lowest BCUT2D eigenvalue weighted by Crippen LogP contribution is -2.39. The number of hydrogen-bond acceptors (Lipinski definition) is 2. The maximum Gasteiger partial charge on any atom is 0.267 e. The second kappa shape index (κ2) is 6.07. The van der Waals surface area contributed by atoms with Gasteiger partial charge in [0.25, 0.3) is 5.91 Å². The molecule has 0 bridgehead atoms. The number of amides is 1. The highest BCUT2D eigenvalue weighted by Crippen LogP contribution is 2.29. The van der Waals surface area contributed by atoms with Gasteiger partial charge < -0.3 is 9.64 Å². The maximum absolute atomic E-state index is 12.8. The molecular formula is C20H23NO2. The van der Waals surface area contributed by atoms with Gasteiger partial charge in [0.05, 0.1) is 0 Å². The average molecular weight is 309 g/mol. The summed E-state index contributed by atoms with van der Waals surface area (Å²) in [6.07, 6.45) is 0.415. The van der Waals surface area contributed by atoms with Crippen LogP contribution in [0.15, 0.2) is 36.4 Å². The molecule has 1 aliphatic rings. The molecule has 2 aromatic carbocycles. The molecule has 1 aliphatic heterocycles. The van der Waals surface area contributed by atoms with Crippen LogP contribution >= 0.6 is 0 Å². The standard InChI is InChI=1S/C20H23NO2/c1-13-11-14(2)15(3)19(12-13)23-16(4)20(22)21-10-9-17-7-5-6-8-18(17)21/h5-8,11-12,16H,9-10H2,1-4H3/t16-/m0/s1. The minimum Gasteiger partial charge on any atom is -0.481 e. The number of hydrogen-bond donors (Lipinski definition) is 0. The molecule has 3 rings (SSSR count). The first-order chi connectivity index (χ1) is 11.0. The predicted octanol–water partition coefficient (Wildman–Crippen LogP) is 3.97. The zero-order valence-electron chi connectivity index (χ0n) is 14.2. The smallest absolute Gasteiger partial charge is 0.267 e. The third-order valence-electron chi connectivity index (χ3n) is 4.57. The minimum absolute atomic E-state index is 0.0218. The van der Waals surface area contributed by atoms with Crippen molar-refractivity contribution in [2.24, 2.45) is 0 Å². The molecule has 0 aromatic heterocycles. The fourth-order valence-corrected chi connectivity index (χ4v) is 3.15. The van der Waals surface area contributed by atoms with Gasteiger partial charge in [-0.15, -0.1) is 0 Å². The van der Waals surface area contributed by atoms with Crippen LogP contribution in [0.4, 0.5) is 5.69 Å². The van der Waals surface area contributed by atoms with Gasteiger partial charge in [-0.05, 0) is 68.5 Å². The Morgan fingerprint density at radius 2 is 1.91 bits per heavy atom. The van der Waals surface area contributed by atoms with Crippen molar-refractivity contribution in [1.82, 2.24) is 0 Å². The van der Waals surface area contributed by atoms with E-state index in [4.69, 9.17) is 4.74 Å². The number of rotatable bonds is 3. The number of fused-ring (bicyclic) bond motifs is 1. The first kappa shape index (κ1) is 15.6. The van der Waals surface area contributed by atoms with Gasteiger partial charge in [0.2, 0.25) is 0 Å². The SMILES string of the molecule is Cc1cc(C)c(C)c(O[C@@H](C)C(=O)N2CCc3ccccc32)c1. The van der Waals surface area contributed by atoms with Crippen molar-refractivity contribution in [3.05, 3.63) is 58.7 Å². The van der Waals surface area contributed by atoms with Crippen molar-refractivity contribution in [2.45, 2.75) is 40.2 Å². The summed E-state index contributed by atoms with van der Waals surface area (Å²) in [4.78, 5) is 14.6. The highest BCUT2D eigenvalue weighted by Gasteiger charge is 2.29. The molecule has 3 heteroatoms. The molecular weight excluding hydrogens is 286 g/mol. The topological polar surface area (TPSA) is 29.5 Å². The molecule has 0 N–H and O–H groups in total. The zero-order valence-corrected chi connectivity index (χ0v) is 14.2. The van der Waals surface area contributed by atoms with Crippen LogP contribution in [-0.4, -0.2) is 18.6 Å². The minimum atomic E-state index is -0.499. The first-order valence-electron chi connectivity index (χ1n) is 8.11. The molecule has 0 spiro atoms. The van der Waals surface area contributed by atoms with Crippen molar-refractivity contribution in [2.75, 3.05) is 11.4 Å². The zero-order chi connectivity index (χ0) is 16.6. The number of nitrogens with zero attached hydrogens (tertiary/aromatic N) is 1. The van der Waals surface area contributed by atoms with Crippen LogP contribution in [0.3, 0.4) is 0 Å². The number of benzene rings is 2. The van der Waals surface area contributed by atoms with E-state index in [0.717, 1.165) is 35.5 Å². The van der Waals surface area contributed by atoms with Gasteiger partial charge in [-0.1, -0.05) is 24.3 Å². The van der Waals surface area contributed by atoms with Crippen molar-refractivity contribution >= 4 is 11.6 Å². The summed E-state index contributed by atoms with van der Waals surface area (Å²) in [5.74, 6) is 0.823. The monoisotopic (exact) mass is 309 g/mol. The maximum atomic E-state index is 12.8. The van der Waals surface area contributed by atoms with E-state index in [0.29, 0.717) is 0 Å². The molecule has 1 atom stereocenters. The van der Waals surface area contributed by atoms with Crippen molar-refractivity contribution < 1.29 is 9.53 Å². The van der Waals surface area contributed by atoms with Gasteiger partial charge in [0.1, 0.15) is 5.75 Å². The average Bonchev–Trinajstić information content (AvgIpc) is 2.95. The molecule has 1 amide bonds. The van der Waals surface area contributed by atoms with Gasteiger partial charge >= 0.3 is 0 Å². The predicted molar refractivity (Wildman–Crippen MR) is 93.2 cm³/mol. The molecule has 120 valence electrons. The summed E-state index contributed by atoms with van der Waals surface area (Å²) in [6.45, 7) is 8.71. The van der Waals surface area contributed by atoms with Gasteiger partial charge in [0.15, 0.2) is 6.10 Å². The van der Waals surface area contributed by atoms with Gasteiger partial charge in [0, 0.05) is 12.2 Å². The summed E-state index contributed by atoms with van der Waals surface area (Å²) in [5.41, 5.74) is 5.68. The van der Waals surface area contributed by atoms with E-state index >= 15 is 0 Å². The number of anilines is 1. The van der Waals surface area contributed by atoms with Gasteiger partial charge in [-0.25, -0.2) is 0 Å². The molecule has 2 aromatic rings. The van der Waals surface area contributed by atoms with E-state index in [1.165, 1.54) is 11.1 Å². The second-order valence-corrected chi connectivity index (χ2v) is 6.33. The van der Waals surface area contributed by atoms with Crippen molar-refractivity contribution in [1.29, 1.82) is 0 Å². The van der Waals surface area contributed by atoms with Crippen LogP contribution in [0.2, 0.25) is 0 Å². The van der Waals surface area contributed by atoms with E-state index in [2.05, 4.69) is 19.1 Å². The molecule has 0 fully saturated rings. The van der Waals surface area contributed by atoms with E-state index in [1.807, 2.05) is 49.9 Å². The quantitative estimate of drug-likeness (QED) is 0.858.